The number of aliphatic hydroxyl groups is 2. The summed E-state index contributed by atoms with van der Waals surface area (Å²) in [6.07, 6.45) is 9.82. The molecule has 4 saturated carbocycles. The monoisotopic (exact) mass is 616 g/mol. The third kappa shape index (κ3) is 5.35. The number of ether oxygens (including phenoxy) is 2. The molecule has 0 saturated heterocycles. The molecule has 0 radical (unpaired) electrons. The summed E-state index contributed by atoms with van der Waals surface area (Å²) in [5.74, 6) is 3.24. The third-order valence-corrected chi connectivity index (χ3v) is 15.0. The van der Waals surface area contributed by atoms with Crippen LogP contribution in [0.3, 0.4) is 0 Å². The van der Waals surface area contributed by atoms with Crippen molar-refractivity contribution in [2.24, 2.45) is 52.3 Å². The number of carbonyl (C=O) groups excluding carboxylic acids is 1. The molecule has 4 fully saturated rings. The third-order valence-electron chi connectivity index (χ3n) is 13.3. The number of benzene rings is 1. The minimum atomic E-state index is -3.74. The topological polar surface area (TPSA) is 110 Å². The molecule has 0 unspecified atom stereocenters. The second kappa shape index (κ2) is 11.6. The number of aliphatic hydroxyl groups excluding tert-OH is 2. The maximum Gasteiger partial charge on any atom is 0.231 e. The SMILES string of the molecule is CC[C@H]1[C@@H](O)[C@@H]2[C@H](CC[C@]3(C)[C@@H]([C@H](C)CCCC(=O)CS(=O)(=O)c4ccc5c(c4)OCO5)CC[C@@H]23)[C@@]2(C)CC[C@@H](O)C[C@@H]12. The van der Waals surface area contributed by atoms with Gasteiger partial charge in [-0.3, -0.25) is 4.79 Å². The van der Waals surface area contributed by atoms with E-state index in [1.54, 1.807) is 6.07 Å². The van der Waals surface area contributed by atoms with Gasteiger partial charge >= 0.3 is 0 Å². The molecule has 7 nitrogen and oxygen atoms in total. The van der Waals surface area contributed by atoms with Crippen LogP contribution in [-0.4, -0.2) is 49.2 Å². The molecular formula is C35H52O7S. The highest BCUT2D eigenvalue weighted by Gasteiger charge is 2.64. The highest BCUT2D eigenvalue weighted by molar-refractivity contribution is 7.92. The van der Waals surface area contributed by atoms with Crippen molar-refractivity contribution in [3.63, 3.8) is 0 Å². The first-order valence-corrected chi connectivity index (χ1v) is 18.5. The maximum atomic E-state index is 12.9. The molecule has 2 N–H and O–H groups in total. The van der Waals surface area contributed by atoms with Crippen LogP contribution in [0, 0.1) is 52.3 Å². The van der Waals surface area contributed by atoms with E-state index >= 15 is 0 Å². The van der Waals surface area contributed by atoms with Gasteiger partial charge in [0.15, 0.2) is 21.3 Å². The molecule has 240 valence electrons. The van der Waals surface area contributed by atoms with E-state index in [2.05, 4.69) is 27.7 Å². The zero-order valence-electron chi connectivity index (χ0n) is 26.5. The van der Waals surface area contributed by atoms with Gasteiger partial charge < -0.3 is 19.7 Å². The minimum Gasteiger partial charge on any atom is -0.454 e. The van der Waals surface area contributed by atoms with Gasteiger partial charge in [0.2, 0.25) is 6.79 Å². The lowest BCUT2D eigenvalue weighted by Gasteiger charge is -2.64. The molecule has 1 aliphatic heterocycles. The molecule has 1 heterocycles. The Hall–Kier alpha value is -1.64. The second-order valence-electron chi connectivity index (χ2n) is 15.3. The van der Waals surface area contributed by atoms with Crippen LogP contribution >= 0.6 is 0 Å². The Kier molecular flexibility index (Phi) is 8.47. The van der Waals surface area contributed by atoms with Crippen molar-refractivity contribution in [3.05, 3.63) is 18.2 Å². The molecule has 11 atom stereocenters. The van der Waals surface area contributed by atoms with Crippen LogP contribution in [0.4, 0.5) is 0 Å². The predicted octanol–water partition coefficient (Wildman–Crippen LogP) is 6.19. The largest absolute Gasteiger partial charge is 0.454 e. The Balaban J connectivity index is 1.07. The Morgan fingerprint density at radius 3 is 2.49 bits per heavy atom. The fourth-order valence-electron chi connectivity index (χ4n) is 11.2. The normalized spacial score (nSPS) is 40.8. The minimum absolute atomic E-state index is 0.0721. The molecule has 5 aliphatic rings. The van der Waals surface area contributed by atoms with Crippen molar-refractivity contribution in [3.8, 4) is 11.5 Å². The van der Waals surface area contributed by atoms with E-state index in [-0.39, 0.29) is 52.8 Å². The first-order chi connectivity index (χ1) is 20.4. The Morgan fingerprint density at radius 2 is 1.72 bits per heavy atom. The number of Topliss-reactive ketones (excluding diaryl/α,β-unsaturated/α-hetero) is 1. The number of sulfone groups is 1. The predicted molar refractivity (Wildman–Crippen MR) is 164 cm³/mol. The van der Waals surface area contributed by atoms with E-state index in [9.17, 15) is 23.4 Å². The maximum absolute atomic E-state index is 12.9. The Labute approximate surface area is 258 Å². The van der Waals surface area contributed by atoms with Gasteiger partial charge in [0.25, 0.3) is 0 Å². The number of hydrogen-bond donors (Lipinski definition) is 2. The van der Waals surface area contributed by atoms with Gasteiger partial charge in [0, 0.05) is 12.5 Å². The van der Waals surface area contributed by atoms with Crippen molar-refractivity contribution >= 4 is 15.6 Å². The van der Waals surface area contributed by atoms with E-state index in [0.29, 0.717) is 53.4 Å². The van der Waals surface area contributed by atoms with Crippen molar-refractivity contribution in [2.75, 3.05) is 12.5 Å². The van der Waals surface area contributed by atoms with E-state index in [1.807, 2.05) is 0 Å². The Bertz CT molecular complexity index is 1310. The van der Waals surface area contributed by atoms with Crippen LogP contribution in [0.1, 0.15) is 98.3 Å². The lowest BCUT2D eigenvalue weighted by atomic mass is 9.41. The summed E-state index contributed by atoms with van der Waals surface area (Å²) in [4.78, 5) is 12.9. The van der Waals surface area contributed by atoms with E-state index in [0.717, 1.165) is 44.9 Å². The molecule has 0 amide bonds. The molecule has 0 spiro atoms. The average Bonchev–Trinajstić information content (AvgIpc) is 3.57. The number of ketones is 1. The summed E-state index contributed by atoms with van der Waals surface area (Å²) in [6.45, 7) is 9.58. The molecule has 6 rings (SSSR count). The summed E-state index contributed by atoms with van der Waals surface area (Å²) in [7, 11) is -3.74. The van der Waals surface area contributed by atoms with Crippen LogP contribution in [0.2, 0.25) is 0 Å². The highest BCUT2D eigenvalue weighted by atomic mass is 32.2. The van der Waals surface area contributed by atoms with Crippen LogP contribution in [0.5, 0.6) is 11.5 Å². The quantitative estimate of drug-likeness (QED) is 0.340. The number of fused-ring (bicyclic) bond motifs is 6. The van der Waals surface area contributed by atoms with Gasteiger partial charge in [0.05, 0.1) is 17.1 Å². The first kappa shape index (κ1) is 31.3. The molecule has 8 heteroatoms. The number of carbonyl (C=O) groups is 1. The highest BCUT2D eigenvalue weighted by Crippen LogP contribution is 2.69. The number of rotatable bonds is 9. The van der Waals surface area contributed by atoms with Crippen LogP contribution in [0.25, 0.3) is 0 Å². The molecule has 0 aromatic heterocycles. The summed E-state index contributed by atoms with van der Waals surface area (Å²) in [6, 6.07) is 4.51. The zero-order valence-corrected chi connectivity index (χ0v) is 27.3. The molecular weight excluding hydrogens is 564 g/mol. The van der Waals surface area contributed by atoms with Crippen molar-refractivity contribution < 1.29 is 32.9 Å². The smallest absolute Gasteiger partial charge is 0.231 e. The lowest BCUT2D eigenvalue weighted by Crippen LogP contribution is -2.62. The molecule has 0 bridgehead atoms. The lowest BCUT2D eigenvalue weighted by molar-refractivity contribution is -0.203. The summed E-state index contributed by atoms with van der Waals surface area (Å²) >= 11 is 0. The van der Waals surface area contributed by atoms with Crippen LogP contribution in [0.15, 0.2) is 23.1 Å². The van der Waals surface area contributed by atoms with Gasteiger partial charge in [-0.05, 0) is 116 Å². The van der Waals surface area contributed by atoms with E-state index in [4.69, 9.17) is 9.47 Å². The van der Waals surface area contributed by atoms with E-state index in [1.165, 1.54) is 25.0 Å². The molecule has 1 aromatic rings. The molecule has 43 heavy (non-hydrogen) atoms. The van der Waals surface area contributed by atoms with Gasteiger partial charge in [0.1, 0.15) is 11.5 Å². The summed E-state index contributed by atoms with van der Waals surface area (Å²) in [5, 5.41) is 22.5. The average molecular weight is 617 g/mol. The van der Waals surface area contributed by atoms with Gasteiger partial charge in [-0.25, -0.2) is 8.42 Å². The van der Waals surface area contributed by atoms with Gasteiger partial charge in [-0.15, -0.1) is 0 Å². The zero-order chi connectivity index (χ0) is 30.7. The fourth-order valence-corrected chi connectivity index (χ4v) is 12.5. The van der Waals surface area contributed by atoms with Gasteiger partial charge in [-0.1, -0.05) is 40.5 Å². The van der Waals surface area contributed by atoms with Crippen LogP contribution in [-0.2, 0) is 14.6 Å². The molecule has 1 aromatic carbocycles. The summed E-state index contributed by atoms with van der Waals surface area (Å²) < 4.78 is 36.4. The standard InChI is InChI=1S/C35H52O7S/c1-5-25-29-17-22(36)13-15-35(29,4)28-14-16-34(3)26(10-11-27(34)32(28)33(25)38)21(2)7-6-8-23(37)19-43(39,40)24-9-12-30-31(18-24)42-20-41-30/h9,12,18,21-22,25-29,32-33,36,38H,5-8,10-11,13-17,19-20H2,1-4H3/t21-,22-,25-,26-,27+,28+,29+,32+,33-,34-,35-/m1/s1. The summed E-state index contributed by atoms with van der Waals surface area (Å²) in [5.41, 5.74) is 0.389. The number of hydrogen-bond acceptors (Lipinski definition) is 7. The Morgan fingerprint density at radius 1 is 1.00 bits per heavy atom. The second-order valence-corrected chi connectivity index (χ2v) is 17.3. The molecule has 4 aliphatic carbocycles. The van der Waals surface area contributed by atoms with Crippen LogP contribution < -0.4 is 9.47 Å². The van der Waals surface area contributed by atoms with Gasteiger partial charge in [-0.2, -0.15) is 0 Å². The van der Waals surface area contributed by atoms with Crippen molar-refractivity contribution in [1.29, 1.82) is 0 Å². The van der Waals surface area contributed by atoms with E-state index < -0.39 is 15.6 Å². The first-order valence-electron chi connectivity index (χ1n) is 16.9. The van der Waals surface area contributed by atoms with Crippen molar-refractivity contribution in [2.45, 2.75) is 115 Å². The fraction of sp³-hybridized carbons (Fsp3) is 0.800. The van der Waals surface area contributed by atoms with Crippen molar-refractivity contribution in [1.82, 2.24) is 0 Å².